The van der Waals surface area contributed by atoms with Gasteiger partial charge in [-0.05, 0) is 24.3 Å². The van der Waals surface area contributed by atoms with Gasteiger partial charge in [-0.2, -0.15) is 4.98 Å². The van der Waals surface area contributed by atoms with E-state index in [4.69, 9.17) is 4.74 Å². The molecule has 1 aliphatic rings. The van der Waals surface area contributed by atoms with Gasteiger partial charge in [-0.1, -0.05) is 18.2 Å². The standard InChI is InChI=1S/C14H9FN2O/c15-10-6-5-9-8-18-14-16-11-3-1-2-4-12(11)17(14)13(9)7-10/h1-7H,8H2. The minimum Gasteiger partial charge on any atom is -0.459 e. The molecule has 0 spiro atoms. The summed E-state index contributed by atoms with van der Waals surface area (Å²) in [7, 11) is 0. The molecule has 0 aliphatic carbocycles. The van der Waals surface area contributed by atoms with Gasteiger partial charge < -0.3 is 4.74 Å². The van der Waals surface area contributed by atoms with Crippen LogP contribution in [0.2, 0.25) is 0 Å². The number of rotatable bonds is 0. The van der Waals surface area contributed by atoms with E-state index in [1.165, 1.54) is 12.1 Å². The van der Waals surface area contributed by atoms with E-state index >= 15 is 0 Å². The van der Waals surface area contributed by atoms with Crippen molar-refractivity contribution in [1.29, 1.82) is 0 Å². The maximum absolute atomic E-state index is 13.4. The molecule has 0 saturated heterocycles. The summed E-state index contributed by atoms with van der Waals surface area (Å²) < 4.78 is 20.9. The summed E-state index contributed by atoms with van der Waals surface area (Å²) in [6, 6.07) is 13.0. The summed E-state index contributed by atoms with van der Waals surface area (Å²) in [6.45, 7) is 0.429. The predicted molar refractivity (Wildman–Crippen MR) is 65.4 cm³/mol. The van der Waals surface area contributed by atoms with E-state index in [-0.39, 0.29) is 5.82 Å². The van der Waals surface area contributed by atoms with Gasteiger partial charge in [0.05, 0.1) is 16.7 Å². The molecule has 4 heteroatoms. The van der Waals surface area contributed by atoms with E-state index in [0.29, 0.717) is 12.6 Å². The Balaban J connectivity index is 2.12. The summed E-state index contributed by atoms with van der Waals surface area (Å²) in [5.41, 5.74) is 3.56. The highest BCUT2D eigenvalue weighted by Gasteiger charge is 2.21. The average Bonchev–Trinajstić information content (AvgIpc) is 2.77. The van der Waals surface area contributed by atoms with Crippen molar-refractivity contribution in [1.82, 2.24) is 9.55 Å². The van der Waals surface area contributed by atoms with Crippen LogP contribution < -0.4 is 4.74 Å². The molecule has 1 aliphatic heterocycles. The zero-order valence-corrected chi connectivity index (χ0v) is 9.43. The van der Waals surface area contributed by atoms with Gasteiger partial charge in [-0.15, -0.1) is 0 Å². The number of nitrogens with zero attached hydrogens (tertiary/aromatic N) is 2. The molecule has 0 amide bonds. The van der Waals surface area contributed by atoms with Crippen LogP contribution in [0.1, 0.15) is 5.56 Å². The molecule has 1 aromatic heterocycles. The molecule has 4 rings (SSSR count). The zero-order chi connectivity index (χ0) is 12.1. The second-order valence-corrected chi connectivity index (χ2v) is 4.28. The fourth-order valence-corrected chi connectivity index (χ4v) is 2.34. The van der Waals surface area contributed by atoms with E-state index in [0.717, 1.165) is 22.3 Å². The molecule has 0 fully saturated rings. The van der Waals surface area contributed by atoms with Crippen LogP contribution in [-0.4, -0.2) is 9.55 Å². The lowest BCUT2D eigenvalue weighted by Gasteiger charge is -2.19. The third-order valence-corrected chi connectivity index (χ3v) is 3.18. The van der Waals surface area contributed by atoms with E-state index in [9.17, 15) is 4.39 Å². The van der Waals surface area contributed by atoms with Crippen molar-refractivity contribution in [3.63, 3.8) is 0 Å². The Morgan fingerprint density at radius 2 is 2.06 bits per heavy atom. The molecule has 0 bridgehead atoms. The normalized spacial score (nSPS) is 12.9. The van der Waals surface area contributed by atoms with Gasteiger partial charge in [0.1, 0.15) is 12.4 Å². The first-order valence-electron chi connectivity index (χ1n) is 5.72. The molecule has 0 N–H and O–H groups in total. The second kappa shape index (κ2) is 3.32. The van der Waals surface area contributed by atoms with E-state index in [2.05, 4.69) is 4.98 Å². The molecule has 2 aromatic carbocycles. The monoisotopic (exact) mass is 240 g/mol. The molecule has 0 radical (unpaired) electrons. The van der Waals surface area contributed by atoms with Gasteiger partial charge in [0, 0.05) is 5.56 Å². The molecule has 3 aromatic rings. The number of aromatic nitrogens is 2. The maximum atomic E-state index is 13.4. The lowest BCUT2D eigenvalue weighted by Crippen LogP contribution is -2.12. The summed E-state index contributed by atoms with van der Waals surface area (Å²) >= 11 is 0. The minimum atomic E-state index is -0.251. The fourth-order valence-electron chi connectivity index (χ4n) is 2.34. The van der Waals surface area contributed by atoms with Crippen molar-refractivity contribution in [3.8, 4) is 11.7 Å². The number of para-hydroxylation sites is 2. The highest BCUT2D eigenvalue weighted by atomic mass is 19.1. The Morgan fingerprint density at radius 1 is 1.17 bits per heavy atom. The topological polar surface area (TPSA) is 27.1 Å². The largest absolute Gasteiger partial charge is 0.459 e. The molecule has 18 heavy (non-hydrogen) atoms. The Morgan fingerprint density at radius 3 is 3.00 bits per heavy atom. The van der Waals surface area contributed by atoms with Crippen LogP contribution in [0.25, 0.3) is 16.7 Å². The Kier molecular flexibility index (Phi) is 1.78. The Labute approximate surface area is 102 Å². The van der Waals surface area contributed by atoms with Crippen LogP contribution in [0.15, 0.2) is 42.5 Å². The van der Waals surface area contributed by atoms with E-state index in [1.807, 2.05) is 28.8 Å². The number of imidazole rings is 1. The van der Waals surface area contributed by atoms with Crippen molar-refractivity contribution in [3.05, 3.63) is 53.8 Å². The third-order valence-electron chi connectivity index (χ3n) is 3.18. The zero-order valence-electron chi connectivity index (χ0n) is 9.43. The SMILES string of the molecule is Fc1ccc2c(c1)-n1c(nc3ccccc31)OC2. The van der Waals surface area contributed by atoms with Crippen LogP contribution in [0.4, 0.5) is 4.39 Å². The first kappa shape index (κ1) is 9.65. The number of fused-ring (bicyclic) bond motifs is 5. The minimum absolute atomic E-state index is 0.251. The van der Waals surface area contributed by atoms with E-state index < -0.39 is 0 Å². The van der Waals surface area contributed by atoms with Crippen LogP contribution in [0, 0.1) is 5.82 Å². The van der Waals surface area contributed by atoms with Gasteiger partial charge in [-0.3, -0.25) is 4.57 Å². The molecule has 2 heterocycles. The van der Waals surface area contributed by atoms with Gasteiger partial charge in [0.2, 0.25) is 0 Å². The first-order valence-corrected chi connectivity index (χ1v) is 5.72. The van der Waals surface area contributed by atoms with Gasteiger partial charge in [-0.25, -0.2) is 4.39 Å². The maximum Gasteiger partial charge on any atom is 0.302 e. The summed E-state index contributed by atoms with van der Waals surface area (Å²) in [5, 5.41) is 0. The average molecular weight is 240 g/mol. The summed E-state index contributed by atoms with van der Waals surface area (Å²) in [6.07, 6.45) is 0. The van der Waals surface area contributed by atoms with Crippen molar-refractivity contribution in [2.24, 2.45) is 0 Å². The summed E-state index contributed by atoms with van der Waals surface area (Å²) in [4.78, 5) is 4.40. The van der Waals surface area contributed by atoms with Crippen LogP contribution in [0.3, 0.4) is 0 Å². The highest BCUT2D eigenvalue weighted by molar-refractivity contribution is 5.79. The fraction of sp³-hybridized carbons (Fsp3) is 0.0714. The molecule has 0 saturated carbocycles. The van der Waals surface area contributed by atoms with Gasteiger partial charge in [0.15, 0.2) is 0 Å². The van der Waals surface area contributed by atoms with Crippen LogP contribution in [-0.2, 0) is 6.61 Å². The van der Waals surface area contributed by atoms with Gasteiger partial charge in [0.25, 0.3) is 0 Å². The van der Waals surface area contributed by atoms with E-state index in [1.54, 1.807) is 6.07 Å². The molecule has 88 valence electrons. The number of halogens is 1. The molecular weight excluding hydrogens is 231 g/mol. The molecule has 3 nitrogen and oxygen atoms in total. The quantitative estimate of drug-likeness (QED) is 0.604. The number of benzene rings is 2. The van der Waals surface area contributed by atoms with Gasteiger partial charge >= 0.3 is 6.01 Å². The molecular formula is C14H9FN2O. The molecule has 0 unspecified atom stereocenters. The number of ether oxygens (including phenoxy) is 1. The Hall–Kier alpha value is -2.36. The van der Waals surface area contributed by atoms with Crippen LogP contribution in [0.5, 0.6) is 6.01 Å². The van der Waals surface area contributed by atoms with Crippen LogP contribution >= 0.6 is 0 Å². The first-order chi connectivity index (χ1) is 8.83. The number of hydrogen-bond acceptors (Lipinski definition) is 2. The predicted octanol–water partition coefficient (Wildman–Crippen LogP) is 3.06. The molecule has 0 atom stereocenters. The lowest BCUT2D eigenvalue weighted by atomic mass is 10.1. The second-order valence-electron chi connectivity index (χ2n) is 4.28. The lowest BCUT2D eigenvalue weighted by molar-refractivity contribution is 0.265. The van der Waals surface area contributed by atoms with Crippen molar-refractivity contribution >= 4 is 11.0 Å². The summed E-state index contributed by atoms with van der Waals surface area (Å²) in [5.74, 6) is -0.251. The Bertz CT molecular complexity index is 764. The van der Waals surface area contributed by atoms with Crippen molar-refractivity contribution in [2.75, 3.05) is 0 Å². The number of hydrogen-bond donors (Lipinski definition) is 0. The smallest absolute Gasteiger partial charge is 0.302 e. The highest BCUT2D eigenvalue weighted by Crippen LogP contribution is 2.32. The van der Waals surface area contributed by atoms with Crippen molar-refractivity contribution in [2.45, 2.75) is 6.61 Å². The van der Waals surface area contributed by atoms with Crippen molar-refractivity contribution < 1.29 is 9.13 Å². The third kappa shape index (κ3) is 1.20.